The average Bonchev–Trinajstić information content (AvgIpc) is 2.37. The van der Waals surface area contributed by atoms with E-state index >= 15 is 0 Å². The van der Waals surface area contributed by atoms with Crippen LogP contribution in [-0.4, -0.2) is 69.3 Å². The molecule has 0 aliphatic carbocycles. The van der Waals surface area contributed by atoms with E-state index in [1.165, 1.54) is 36.9 Å². The second-order valence-corrected chi connectivity index (χ2v) is 17.3. The standard InChI is InChI=1S/C4H9.3C3H8N.Sn/c4*1-3-4-2;/h1,3-4H2,2H3;3*3H2,1-2H3;/q;3*-1;+3. The Kier molecular flexibility index (Phi) is 9.07. The molecule has 0 amide bonds. The molecule has 0 aromatic rings. The van der Waals surface area contributed by atoms with Crippen LogP contribution >= 0.6 is 0 Å². The summed E-state index contributed by atoms with van der Waals surface area (Å²) < 4.78 is 9.50. The minimum atomic E-state index is -2.50. The number of nitrogens with zero attached hydrogens (tertiary/aromatic N) is 3. The monoisotopic (exact) mass is 351 g/mol. The second-order valence-electron chi connectivity index (χ2n) is 4.92. The third-order valence-electron chi connectivity index (χ3n) is 4.12. The maximum atomic E-state index is 2.69. The molecule has 0 aromatic carbocycles. The van der Waals surface area contributed by atoms with Gasteiger partial charge in [0.15, 0.2) is 0 Å². The Bertz CT molecular complexity index is 173. The zero-order valence-corrected chi connectivity index (χ0v) is 15.9. The summed E-state index contributed by atoms with van der Waals surface area (Å²) in [6.45, 7) is 12.7. The predicted molar refractivity (Wildman–Crippen MR) is 80.4 cm³/mol. The van der Waals surface area contributed by atoms with E-state index in [4.69, 9.17) is 0 Å². The van der Waals surface area contributed by atoms with Crippen molar-refractivity contribution in [2.75, 3.05) is 40.8 Å². The molecule has 0 N–H and O–H groups in total. The van der Waals surface area contributed by atoms with Crippen LogP contribution in [-0.2, 0) is 0 Å². The van der Waals surface area contributed by atoms with Gasteiger partial charge in [0.1, 0.15) is 0 Å². The Morgan fingerprint density at radius 1 is 0.706 bits per heavy atom. The second kappa shape index (κ2) is 8.72. The molecule has 0 rings (SSSR count). The number of hydrogen-bond donors (Lipinski definition) is 0. The molecule has 0 fully saturated rings. The quantitative estimate of drug-likeness (QED) is 0.592. The zero-order chi connectivity index (χ0) is 13.5. The molecule has 0 bridgehead atoms. The average molecular weight is 350 g/mol. The van der Waals surface area contributed by atoms with Crippen LogP contribution in [0.1, 0.15) is 40.5 Å². The first-order valence-electron chi connectivity index (χ1n) is 7.14. The van der Waals surface area contributed by atoms with Gasteiger partial charge >= 0.3 is 114 Å². The molecule has 0 saturated heterocycles. The molecule has 0 heterocycles. The van der Waals surface area contributed by atoms with E-state index < -0.39 is 19.2 Å². The predicted octanol–water partition coefficient (Wildman–Crippen LogP) is 2.58. The fourth-order valence-electron chi connectivity index (χ4n) is 2.62. The summed E-state index contributed by atoms with van der Waals surface area (Å²) in [5.74, 6) is 0. The van der Waals surface area contributed by atoms with Crippen molar-refractivity contribution >= 4 is 19.2 Å². The van der Waals surface area contributed by atoms with E-state index in [-0.39, 0.29) is 0 Å². The van der Waals surface area contributed by atoms with Gasteiger partial charge in [0, 0.05) is 0 Å². The third kappa shape index (κ3) is 4.08. The zero-order valence-electron chi connectivity index (χ0n) is 13.1. The Hall–Kier alpha value is 0.679. The minimum absolute atomic E-state index is 1.18. The fourth-order valence-corrected chi connectivity index (χ4v) is 17.6. The van der Waals surface area contributed by atoms with E-state index in [0.717, 1.165) is 0 Å². The molecule has 104 valence electrons. The van der Waals surface area contributed by atoms with Crippen LogP contribution in [0.4, 0.5) is 0 Å². The summed E-state index contributed by atoms with van der Waals surface area (Å²) >= 11 is -2.50. The van der Waals surface area contributed by atoms with Crippen molar-refractivity contribution in [2.45, 2.75) is 45.0 Å². The van der Waals surface area contributed by atoms with Crippen molar-refractivity contribution in [1.82, 2.24) is 9.36 Å². The SMILES string of the molecule is CCC[CH2][Sn]([N](C)CC)([N](C)CC)[N](C)CC. The molecule has 0 radical (unpaired) electrons. The van der Waals surface area contributed by atoms with Crippen LogP contribution in [0.2, 0.25) is 4.44 Å². The van der Waals surface area contributed by atoms with Gasteiger partial charge in [0.05, 0.1) is 0 Å². The van der Waals surface area contributed by atoms with Crippen LogP contribution in [0.3, 0.4) is 0 Å². The van der Waals surface area contributed by atoms with E-state index in [9.17, 15) is 0 Å². The van der Waals surface area contributed by atoms with Crippen LogP contribution < -0.4 is 0 Å². The molecule has 0 aliphatic heterocycles. The molecular weight excluding hydrogens is 317 g/mol. The fraction of sp³-hybridized carbons (Fsp3) is 1.00. The van der Waals surface area contributed by atoms with Crippen molar-refractivity contribution in [3.8, 4) is 0 Å². The van der Waals surface area contributed by atoms with E-state index in [1.54, 1.807) is 0 Å². The van der Waals surface area contributed by atoms with Crippen molar-refractivity contribution in [2.24, 2.45) is 0 Å². The van der Waals surface area contributed by atoms with Gasteiger partial charge in [-0.25, -0.2) is 0 Å². The number of rotatable bonds is 9. The summed E-state index contributed by atoms with van der Waals surface area (Å²) in [5.41, 5.74) is 0. The van der Waals surface area contributed by atoms with Gasteiger partial charge in [-0.3, -0.25) is 0 Å². The molecule has 0 saturated carbocycles. The molecule has 0 atom stereocenters. The summed E-state index contributed by atoms with van der Waals surface area (Å²) in [7, 11) is 7.01. The molecule has 0 spiro atoms. The van der Waals surface area contributed by atoms with Crippen LogP contribution in [0.25, 0.3) is 0 Å². The van der Waals surface area contributed by atoms with Gasteiger partial charge in [-0.05, 0) is 0 Å². The van der Waals surface area contributed by atoms with Crippen LogP contribution in [0, 0.1) is 0 Å². The van der Waals surface area contributed by atoms with E-state index in [0.29, 0.717) is 0 Å². The van der Waals surface area contributed by atoms with E-state index in [1.807, 2.05) is 0 Å². The topological polar surface area (TPSA) is 9.72 Å². The maximum absolute atomic E-state index is 2.69. The van der Waals surface area contributed by atoms with Crippen molar-refractivity contribution in [1.29, 1.82) is 0 Å². The van der Waals surface area contributed by atoms with Gasteiger partial charge in [0.2, 0.25) is 0 Å². The molecule has 0 aromatic heterocycles. The van der Waals surface area contributed by atoms with Crippen LogP contribution in [0.15, 0.2) is 0 Å². The summed E-state index contributed by atoms with van der Waals surface area (Å²) in [4.78, 5) is 0. The molecule has 3 nitrogen and oxygen atoms in total. The van der Waals surface area contributed by atoms with Crippen molar-refractivity contribution in [3.05, 3.63) is 0 Å². The Morgan fingerprint density at radius 2 is 1.06 bits per heavy atom. The molecule has 4 heteroatoms. The first-order chi connectivity index (χ1) is 8.00. The van der Waals surface area contributed by atoms with Gasteiger partial charge in [-0.1, -0.05) is 0 Å². The van der Waals surface area contributed by atoms with Crippen molar-refractivity contribution < 1.29 is 0 Å². The normalized spacial score (nSPS) is 13.1. The molecular formula is C13H33N3Sn. The summed E-state index contributed by atoms with van der Waals surface area (Å²) in [6.07, 6.45) is 2.68. The first kappa shape index (κ1) is 17.7. The molecule has 17 heavy (non-hydrogen) atoms. The van der Waals surface area contributed by atoms with Gasteiger partial charge in [-0.2, -0.15) is 0 Å². The Labute approximate surface area is 114 Å². The number of hydrogen-bond acceptors (Lipinski definition) is 3. The first-order valence-corrected chi connectivity index (χ1v) is 13.0. The van der Waals surface area contributed by atoms with Gasteiger partial charge in [-0.15, -0.1) is 0 Å². The number of unbranched alkanes of at least 4 members (excludes halogenated alkanes) is 1. The summed E-state index contributed by atoms with van der Waals surface area (Å²) in [6, 6.07) is 0. The molecule has 0 aliphatic rings. The Morgan fingerprint density at radius 3 is 1.29 bits per heavy atom. The third-order valence-corrected chi connectivity index (χ3v) is 20.2. The van der Waals surface area contributed by atoms with E-state index in [2.05, 4.69) is 58.2 Å². The molecule has 0 unspecified atom stereocenters. The summed E-state index contributed by atoms with van der Waals surface area (Å²) in [5, 5.41) is 0. The van der Waals surface area contributed by atoms with Gasteiger partial charge < -0.3 is 0 Å². The van der Waals surface area contributed by atoms with Crippen LogP contribution in [0.5, 0.6) is 0 Å². The Balaban J connectivity index is 5.19. The van der Waals surface area contributed by atoms with Gasteiger partial charge in [0.25, 0.3) is 0 Å². The van der Waals surface area contributed by atoms with Crippen molar-refractivity contribution in [3.63, 3.8) is 0 Å².